The van der Waals surface area contributed by atoms with Crippen molar-refractivity contribution in [1.82, 2.24) is 0 Å². The molecule has 1 aliphatic rings. The zero-order valence-corrected chi connectivity index (χ0v) is 10.1. The van der Waals surface area contributed by atoms with E-state index < -0.39 is 0 Å². The first-order chi connectivity index (χ1) is 6.77. The molecule has 2 rings (SSSR count). The molecule has 0 bridgehead atoms. The van der Waals surface area contributed by atoms with Crippen molar-refractivity contribution >= 4 is 22.6 Å². The van der Waals surface area contributed by atoms with Crippen LogP contribution in [-0.2, 0) is 0 Å². The highest BCUT2D eigenvalue weighted by Gasteiger charge is 2.48. The molecule has 1 aliphatic carbocycles. The molecular formula is C11H13IO2. The third-order valence-electron chi connectivity index (χ3n) is 2.78. The molecule has 3 atom stereocenters. The van der Waals surface area contributed by atoms with Crippen molar-refractivity contribution < 1.29 is 9.84 Å². The molecule has 1 saturated carbocycles. The first-order valence-corrected chi connectivity index (χ1v) is 5.91. The van der Waals surface area contributed by atoms with Gasteiger partial charge in [-0.2, -0.15) is 0 Å². The maximum Gasteiger partial charge on any atom is 0.118 e. The number of methoxy groups -OCH3 is 1. The lowest BCUT2D eigenvalue weighted by Gasteiger charge is -2.01. The van der Waals surface area contributed by atoms with Crippen molar-refractivity contribution in [2.45, 2.75) is 9.84 Å². The largest absolute Gasteiger partial charge is 0.497 e. The van der Waals surface area contributed by atoms with Crippen LogP contribution in [0.1, 0.15) is 11.5 Å². The van der Waals surface area contributed by atoms with Crippen LogP contribution in [0.4, 0.5) is 0 Å². The highest BCUT2D eigenvalue weighted by molar-refractivity contribution is 14.1. The van der Waals surface area contributed by atoms with Crippen LogP contribution in [0.2, 0.25) is 0 Å². The maximum atomic E-state index is 9.08. The fourth-order valence-corrected chi connectivity index (χ4v) is 3.19. The molecule has 0 unspecified atom stereocenters. The third-order valence-corrected chi connectivity index (χ3v) is 4.48. The van der Waals surface area contributed by atoms with Crippen molar-refractivity contribution in [1.29, 1.82) is 0 Å². The molecule has 14 heavy (non-hydrogen) atoms. The number of aliphatic hydroxyl groups is 1. The second kappa shape index (κ2) is 4.06. The Kier molecular flexibility index (Phi) is 2.97. The van der Waals surface area contributed by atoms with E-state index in [1.54, 1.807) is 7.11 Å². The summed E-state index contributed by atoms with van der Waals surface area (Å²) >= 11 is 2.41. The van der Waals surface area contributed by atoms with E-state index in [1.165, 1.54) is 5.56 Å². The van der Waals surface area contributed by atoms with E-state index in [9.17, 15) is 0 Å². The Morgan fingerprint density at radius 1 is 1.36 bits per heavy atom. The van der Waals surface area contributed by atoms with Crippen LogP contribution in [0.3, 0.4) is 0 Å². The molecule has 76 valence electrons. The van der Waals surface area contributed by atoms with Crippen LogP contribution in [0.25, 0.3) is 0 Å². The van der Waals surface area contributed by atoms with Crippen LogP contribution in [0, 0.1) is 5.92 Å². The molecule has 1 aromatic rings. The molecule has 0 amide bonds. The van der Waals surface area contributed by atoms with E-state index in [2.05, 4.69) is 34.7 Å². The molecule has 1 aromatic carbocycles. The Bertz CT molecular complexity index is 310. The second-order valence-electron chi connectivity index (χ2n) is 3.59. The predicted molar refractivity (Wildman–Crippen MR) is 64.1 cm³/mol. The average molecular weight is 304 g/mol. The van der Waals surface area contributed by atoms with E-state index in [4.69, 9.17) is 9.84 Å². The van der Waals surface area contributed by atoms with E-state index in [-0.39, 0.29) is 0 Å². The summed E-state index contributed by atoms with van der Waals surface area (Å²) in [6.07, 6.45) is 0. The van der Waals surface area contributed by atoms with Gasteiger partial charge in [0.2, 0.25) is 0 Å². The van der Waals surface area contributed by atoms with Gasteiger partial charge in [0.05, 0.1) is 7.11 Å². The highest BCUT2D eigenvalue weighted by Crippen LogP contribution is 2.52. The van der Waals surface area contributed by atoms with Gasteiger partial charge in [-0.1, -0.05) is 34.7 Å². The van der Waals surface area contributed by atoms with Gasteiger partial charge in [-0.15, -0.1) is 0 Å². The molecule has 0 heterocycles. The van der Waals surface area contributed by atoms with Crippen LogP contribution >= 0.6 is 22.6 Å². The zero-order chi connectivity index (χ0) is 10.1. The summed E-state index contributed by atoms with van der Waals surface area (Å²) in [6, 6.07) is 8.13. The molecule has 0 aromatic heterocycles. The number of hydrogen-bond acceptors (Lipinski definition) is 2. The van der Waals surface area contributed by atoms with Crippen molar-refractivity contribution in [3.63, 3.8) is 0 Å². The lowest BCUT2D eigenvalue weighted by atomic mass is 10.1. The predicted octanol–water partition coefficient (Wildman–Crippen LogP) is 2.20. The number of benzene rings is 1. The number of rotatable bonds is 3. The van der Waals surface area contributed by atoms with Crippen LogP contribution in [0.15, 0.2) is 24.3 Å². The molecule has 0 spiro atoms. The maximum absolute atomic E-state index is 9.08. The van der Waals surface area contributed by atoms with Crippen LogP contribution in [-0.4, -0.2) is 22.7 Å². The number of alkyl halides is 1. The number of halogens is 1. The zero-order valence-electron chi connectivity index (χ0n) is 7.98. The highest BCUT2D eigenvalue weighted by atomic mass is 127. The SMILES string of the molecule is COc1ccc([C@H]2[C@@H](I)[C@@H]2CO)cc1. The number of hydrogen-bond donors (Lipinski definition) is 1. The van der Waals surface area contributed by atoms with E-state index in [0.29, 0.717) is 22.4 Å². The molecule has 1 fully saturated rings. The van der Waals surface area contributed by atoms with Gasteiger partial charge in [-0.3, -0.25) is 0 Å². The van der Waals surface area contributed by atoms with Gasteiger partial charge in [0.25, 0.3) is 0 Å². The molecular weight excluding hydrogens is 291 g/mol. The molecule has 0 aliphatic heterocycles. The van der Waals surface area contributed by atoms with E-state index in [0.717, 1.165) is 5.75 Å². The molecule has 1 N–H and O–H groups in total. The summed E-state index contributed by atoms with van der Waals surface area (Å²) in [7, 11) is 1.67. The standard InChI is InChI=1S/C11H13IO2/c1-14-8-4-2-7(3-5-8)10-9(6-13)11(10)12/h2-5,9-11,13H,6H2,1H3/t9-,10-,11+/m1/s1. The molecule has 0 radical (unpaired) electrons. The van der Waals surface area contributed by atoms with Crippen LogP contribution < -0.4 is 4.74 Å². The Labute approximate surface area is 97.4 Å². The van der Waals surface area contributed by atoms with Gasteiger partial charge in [-0.05, 0) is 17.7 Å². The minimum absolute atomic E-state index is 0.296. The fourth-order valence-electron chi connectivity index (χ4n) is 1.80. The van der Waals surface area contributed by atoms with Crippen molar-refractivity contribution in [2.24, 2.45) is 5.92 Å². The Morgan fingerprint density at radius 3 is 2.43 bits per heavy atom. The summed E-state index contributed by atoms with van der Waals surface area (Å²) in [4.78, 5) is 0. The first-order valence-electron chi connectivity index (χ1n) is 4.67. The molecule has 0 saturated heterocycles. The van der Waals surface area contributed by atoms with Crippen molar-refractivity contribution in [3.05, 3.63) is 29.8 Å². The fraction of sp³-hybridized carbons (Fsp3) is 0.455. The minimum Gasteiger partial charge on any atom is -0.497 e. The third kappa shape index (κ3) is 1.75. The number of aliphatic hydroxyl groups excluding tert-OH is 1. The average Bonchev–Trinajstić information content (AvgIpc) is 2.89. The summed E-state index contributed by atoms with van der Waals surface area (Å²) in [5.74, 6) is 1.87. The number of ether oxygens (including phenoxy) is 1. The van der Waals surface area contributed by atoms with Gasteiger partial charge in [-0.25, -0.2) is 0 Å². The van der Waals surface area contributed by atoms with E-state index >= 15 is 0 Å². The Morgan fingerprint density at radius 2 is 2.00 bits per heavy atom. The minimum atomic E-state index is 0.296. The van der Waals surface area contributed by atoms with Crippen molar-refractivity contribution in [3.8, 4) is 5.75 Å². The van der Waals surface area contributed by atoms with Gasteiger partial charge in [0, 0.05) is 22.4 Å². The van der Waals surface area contributed by atoms with Crippen molar-refractivity contribution in [2.75, 3.05) is 13.7 Å². The van der Waals surface area contributed by atoms with Gasteiger partial charge < -0.3 is 9.84 Å². The molecule has 2 nitrogen and oxygen atoms in total. The van der Waals surface area contributed by atoms with Crippen LogP contribution in [0.5, 0.6) is 5.75 Å². The lowest BCUT2D eigenvalue weighted by Crippen LogP contribution is -1.89. The summed E-state index contributed by atoms with van der Waals surface area (Å²) in [5, 5.41) is 9.08. The smallest absolute Gasteiger partial charge is 0.118 e. The molecule has 3 heteroatoms. The normalized spacial score (nSPS) is 30.1. The van der Waals surface area contributed by atoms with E-state index in [1.807, 2.05) is 12.1 Å². The van der Waals surface area contributed by atoms with Gasteiger partial charge >= 0.3 is 0 Å². The monoisotopic (exact) mass is 304 g/mol. The summed E-state index contributed by atoms with van der Waals surface area (Å²) in [6.45, 7) is 0.296. The van der Waals surface area contributed by atoms with Gasteiger partial charge in [0.15, 0.2) is 0 Å². The topological polar surface area (TPSA) is 29.5 Å². The summed E-state index contributed by atoms with van der Waals surface area (Å²) < 4.78 is 5.69. The Balaban J connectivity index is 2.11. The Hall–Kier alpha value is -0.290. The van der Waals surface area contributed by atoms with Gasteiger partial charge in [0.1, 0.15) is 5.75 Å². The lowest BCUT2D eigenvalue weighted by molar-refractivity contribution is 0.275. The summed E-state index contributed by atoms with van der Waals surface area (Å²) in [5.41, 5.74) is 1.31. The first kappa shape index (κ1) is 10.2. The quantitative estimate of drug-likeness (QED) is 0.685. The second-order valence-corrected chi connectivity index (χ2v) is 5.03.